The van der Waals surface area contributed by atoms with Crippen LogP contribution in [0.3, 0.4) is 0 Å². The number of carbonyl (C=O) groups is 2. The topological polar surface area (TPSA) is 91.3 Å². The normalized spacial score (nSPS) is 15.1. The van der Waals surface area contributed by atoms with Crippen LogP contribution in [-0.4, -0.2) is 22.4 Å². The summed E-state index contributed by atoms with van der Waals surface area (Å²) in [5, 5.41) is 20.7. The fraction of sp³-hybridized carbons (Fsp3) is 0.200. The van der Waals surface area contributed by atoms with Crippen molar-refractivity contribution >= 4 is 29.2 Å². The second kappa shape index (κ2) is 8.23. The average Bonchev–Trinajstić information content (AvgIpc) is 2.96. The van der Waals surface area contributed by atoms with Crippen molar-refractivity contribution < 1.29 is 14.3 Å². The van der Waals surface area contributed by atoms with Crippen LogP contribution in [0.15, 0.2) is 60.9 Å². The van der Waals surface area contributed by atoms with Gasteiger partial charge in [0.1, 0.15) is 11.6 Å². The standard InChI is InChI=1S/C25H21ClN4O3/c1-16-21(9-8-20(14-27)22(16)26)30-23(31)25(2,3)29(24(30)32)15-17-4-6-18(7-5-17)19-10-12-28(33)13-11-19/h4-13H,15H2,1-3H3. The van der Waals surface area contributed by atoms with Crippen molar-refractivity contribution in [2.75, 3.05) is 4.90 Å². The van der Waals surface area contributed by atoms with Crippen LogP contribution in [0.5, 0.6) is 0 Å². The van der Waals surface area contributed by atoms with Gasteiger partial charge in [-0.25, -0.2) is 9.69 Å². The molecule has 166 valence electrons. The quantitative estimate of drug-likeness (QED) is 0.324. The summed E-state index contributed by atoms with van der Waals surface area (Å²) in [6.45, 7) is 5.35. The third-order valence-corrected chi connectivity index (χ3v) is 6.46. The highest BCUT2D eigenvalue weighted by atomic mass is 35.5. The van der Waals surface area contributed by atoms with Crippen molar-refractivity contribution in [3.8, 4) is 17.2 Å². The smallest absolute Gasteiger partial charge is 0.332 e. The summed E-state index contributed by atoms with van der Waals surface area (Å²) in [5.74, 6) is -0.358. The number of imide groups is 1. The van der Waals surface area contributed by atoms with E-state index in [1.54, 1.807) is 39.0 Å². The minimum atomic E-state index is -1.07. The van der Waals surface area contributed by atoms with E-state index < -0.39 is 11.6 Å². The first kappa shape index (κ1) is 22.3. The third kappa shape index (κ3) is 3.79. The van der Waals surface area contributed by atoms with Gasteiger partial charge in [0.15, 0.2) is 12.4 Å². The average molecular weight is 461 g/mol. The maximum absolute atomic E-state index is 13.4. The molecule has 3 aromatic rings. The highest BCUT2D eigenvalue weighted by molar-refractivity contribution is 6.33. The number of pyridine rings is 1. The van der Waals surface area contributed by atoms with E-state index in [4.69, 9.17) is 11.6 Å². The van der Waals surface area contributed by atoms with Gasteiger partial charge >= 0.3 is 6.03 Å². The summed E-state index contributed by atoms with van der Waals surface area (Å²) in [6.07, 6.45) is 2.87. The molecule has 1 aliphatic heterocycles. The lowest BCUT2D eigenvalue weighted by Gasteiger charge is -2.27. The van der Waals surface area contributed by atoms with Gasteiger partial charge in [-0.05, 0) is 55.2 Å². The van der Waals surface area contributed by atoms with Crippen LogP contribution >= 0.6 is 11.6 Å². The van der Waals surface area contributed by atoms with Crippen LogP contribution in [-0.2, 0) is 11.3 Å². The molecule has 8 heteroatoms. The first-order valence-electron chi connectivity index (χ1n) is 10.3. The molecule has 0 N–H and O–H groups in total. The summed E-state index contributed by atoms with van der Waals surface area (Å²) in [6, 6.07) is 15.7. The summed E-state index contributed by atoms with van der Waals surface area (Å²) in [5.41, 5.74) is 2.80. The van der Waals surface area contributed by atoms with Crippen molar-refractivity contribution in [1.82, 2.24) is 4.90 Å². The molecular formula is C25H21ClN4O3. The van der Waals surface area contributed by atoms with Crippen molar-refractivity contribution in [3.05, 3.63) is 87.8 Å². The Morgan fingerprint density at radius 2 is 1.64 bits per heavy atom. The number of anilines is 1. The van der Waals surface area contributed by atoms with Crippen molar-refractivity contribution in [1.29, 1.82) is 5.26 Å². The molecule has 0 spiro atoms. The molecule has 2 aromatic carbocycles. The van der Waals surface area contributed by atoms with Gasteiger partial charge in [0.25, 0.3) is 5.91 Å². The van der Waals surface area contributed by atoms with E-state index in [9.17, 15) is 20.1 Å². The van der Waals surface area contributed by atoms with Crippen LogP contribution in [0.1, 0.15) is 30.5 Å². The number of rotatable bonds is 4. The zero-order chi connectivity index (χ0) is 23.9. The SMILES string of the molecule is Cc1c(N2C(=O)N(Cc3ccc(-c4cc[n+]([O-])cc4)cc3)C(C)(C)C2=O)ccc(C#N)c1Cl. The molecule has 3 amide bonds. The predicted octanol–water partition coefficient (Wildman–Crippen LogP) is 4.57. The number of carbonyl (C=O) groups excluding carboxylic acids is 2. The summed E-state index contributed by atoms with van der Waals surface area (Å²) >= 11 is 6.28. The lowest BCUT2D eigenvalue weighted by Crippen LogP contribution is -2.43. The molecule has 0 saturated carbocycles. The number of aromatic nitrogens is 1. The van der Waals surface area contributed by atoms with Gasteiger partial charge in [-0.15, -0.1) is 0 Å². The number of hydrogen-bond acceptors (Lipinski definition) is 4. The Morgan fingerprint density at radius 3 is 2.24 bits per heavy atom. The Kier molecular flexibility index (Phi) is 5.56. The minimum absolute atomic E-state index is 0.228. The van der Waals surface area contributed by atoms with Gasteiger partial charge in [0, 0.05) is 18.7 Å². The number of benzene rings is 2. The molecule has 1 aromatic heterocycles. The fourth-order valence-corrected chi connectivity index (χ4v) is 4.11. The molecule has 0 bridgehead atoms. The molecule has 1 aliphatic rings. The Bertz CT molecular complexity index is 1290. The second-order valence-corrected chi connectivity index (χ2v) is 8.77. The molecular weight excluding hydrogens is 440 g/mol. The molecule has 4 rings (SSSR count). The largest absolute Gasteiger partial charge is 0.619 e. The number of amides is 3. The predicted molar refractivity (Wildman–Crippen MR) is 124 cm³/mol. The number of hydrogen-bond donors (Lipinski definition) is 0. The van der Waals surface area contributed by atoms with Crippen LogP contribution < -0.4 is 9.63 Å². The zero-order valence-electron chi connectivity index (χ0n) is 18.4. The highest BCUT2D eigenvalue weighted by Crippen LogP contribution is 2.37. The van der Waals surface area contributed by atoms with Crippen molar-refractivity contribution in [3.63, 3.8) is 0 Å². The molecule has 1 saturated heterocycles. The number of urea groups is 1. The Hall–Kier alpha value is -3.89. The molecule has 0 aliphatic carbocycles. The van der Waals surface area contributed by atoms with Gasteiger partial charge in [-0.3, -0.25) is 4.79 Å². The van der Waals surface area contributed by atoms with E-state index in [0.29, 0.717) is 11.3 Å². The maximum Gasteiger partial charge on any atom is 0.332 e. The van der Waals surface area contributed by atoms with E-state index in [1.807, 2.05) is 30.3 Å². The fourth-order valence-electron chi connectivity index (χ4n) is 3.91. The summed E-state index contributed by atoms with van der Waals surface area (Å²) < 4.78 is 0.727. The lowest BCUT2D eigenvalue weighted by molar-refractivity contribution is -0.605. The van der Waals surface area contributed by atoms with Gasteiger partial charge in [0.2, 0.25) is 0 Å². The van der Waals surface area contributed by atoms with E-state index in [0.717, 1.165) is 26.3 Å². The molecule has 2 heterocycles. The van der Waals surface area contributed by atoms with E-state index in [1.165, 1.54) is 23.4 Å². The molecule has 1 fully saturated rings. The van der Waals surface area contributed by atoms with Crippen molar-refractivity contribution in [2.45, 2.75) is 32.9 Å². The van der Waals surface area contributed by atoms with E-state index >= 15 is 0 Å². The summed E-state index contributed by atoms with van der Waals surface area (Å²) in [4.78, 5) is 29.3. The molecule has 7 nitrogen and oxygen atoms in total. The Morgan fingerprint density at radius 1 is 1.03 bits per heavy atom. The first-order valence-corrected chi connectivity index (χ1v) is 10.7. The number of nitriles is 1. The number of halogens is 1. The van der Waals surface area contributed by atoms with Crippen LogP contribution in [0.4, 0.5) is 10.5 Å². The van der Waals surface area contributed by atoms with E-state index in [-0.39, 0.29) is 23.0 Å². The second-order valence-electron chi connectivity index (χ2n) is 8.39. The Labute approximate surface area is 196 Å². The zero-order valence-corrected chi connectivity index (χ0v) is 19.1. The third-order valence-electron chi connectivity index (χ3n) is 5.97. The Balaban J connectivity index is 1.62. The molecule has 0 unspecified atom stereocenters. The van der Waals surface area contributed by atoms with E-state index in [2.05, 4.69) is 0 Å². The van der Waals surface area contributed by atoms with Gasteiger partial charge in [-0.1, -0.05) is 35.9 Å². The van der Waals surface area contributed by atoms with Gasteiger partial charge in [-0.2, -0.15) is 9.99 Å². The van der Waals surface area contributed by atoms with Gasteiger partial charge in [0.05, 0.1) is 16.3 Å². The minimum Gasteiger partial charge on any atom is -0.619 e. The lowest BCUT2D eigenvalue weighted by atomic mass is 10.0. The summed E-state index contributed by atoms with van der Waals surface area (Å²) in [7, 11) is 0. The first-order chi connectivity index (χ1) is 15.6. The molecule has 0 atom stereocenters. The van der Waals surface area contributed by atoms with Crippen LogP contribution in [0.25, 0.3) is 11.1 Å². The van der Waals surface area contributed by atoms with Crippen LogP contribution in [0.2, 0.25) is 5.02 Å². The number of nitrogens with zero attached hydrogens (tertiary/aromatic N) is 4. The molecule has 33 heavy (non-hydrogen) atoms. The maximum atomic E-state index is 13.4. The van der Waals surface area contributed by atoms with Crippen LogP contribution in [0, 0.1) is 23.5 Å². The van der Waals surface area contributed by atoms with Gasteiger partial charge < -0.3 is 10.1 Å². The van der Waals surface area contributed by atoms with Crippen molar-refractivity contribution in [2.24, 2.45) is 0 Å². The highest BCUT2D eigenvalue weighted by Gasteiger charge is 2.52. The molecule has 0 radical (unpaired) electrons. The monoisotopic (exact) mass is 460 g/mol.